The maximum absolute atomic E-state index is 6.42. The molecule has 0 saturated heterocycles. The molecule has 1 N–H and O–H groups in total. The lowest BCUT2D eigenvalue weighted by atomic mass is 10.3. The third-order valence-electron chi connectivity index (χ3n) is 0.639. The number of hydrogen-bond donors (Lipinski definition) is 1. The molecular weight excluding hydrogens is 203 g/mol. The topological polar surface area (TPSA) is 36.2 Å². The van der Waals surface area contributed by atoms with Crippen molar-refractivity contribution in [2.75, 3.05) is 6.54 Å². The highest BCUT2D eigenvalue weighted by atomic mass is 127. The van der Waals surface area contributed by atoms with Crippen molar-refractivity contribution < 1.29 is 0 Å². The van der Waals surface area contributed by atoms with E-state index in [4.69, 9.17) is 5.53 Å². The number of nitrogens with one attached hydrogen (secondary N) is 1. The van der Waals surface area contributed by atoms with Gasteiger partial charge in [0.25, 0.3) is 0 Å². The van der Waals surface area contributed by atoms with E-state index in [1.165, 1.54) is 0 Å². The smallest absolute Gasteiger partial charge is 0.0606 e. The quantitative estimate of drug-likeness (QED) is 0.423. The second kappa shape index (κ2) is 4.49. The van der Waals surface area contributed by atoms with E-state index in [0.717, 1.165) is 6.42 Å². The molecule has 0 aromatic rings. The van der Waals surface area contributed by atoms with Crippen LogP contribution in [0.5, 0.6) is 0 Å². The van der Waals surface area contributed by atoms with E-state index in [2.05, 4.69) is 34.6 Å². The van der Waals surface area contributed by atoms with Crippen molar-refractivity contribution in [3.8, 4) is 0 Å². The Bertz CT molecular complexity index is 53.7. The molecule has 2 nitrogen and oxygen atoms in total. The number of alkyl halides is 1. The van der Waals surface area contributed by atoms with Crippen LogP contribution < -0.4 is 0 Å². The molecule has 1 unspecified atom stereocenters. The predicted octanol–water partition coefficient (Wildman–Crippen LogP) is 2.23. The first kappa shape index (κ1) is 7.33. The molecule has 0 aromatic heterocycles. The minimum absolute atomic E-state index is 0.659. The molecular formula is C4H9IN2. The molecule has 0 amide bonds. The zero-order chi connectivity index (χ0) is 5.70. The zero-order valence-corrected chi connectivity index (χ0v) is 6.47. The lowest BCUT2D eigenvalue weighted by Crippen LogP contribution is -1.90. The molecule has 0 bridgehead atoms. The van der Waals surface area contributed by atoms with Crippen LogP contribution in [0.2, 0.25) is 0 Å². The molecule has 0 aliphatic rings. The number of halogens is 1. The standard InChI is InChI=1S/C4H9IN2/c1-4(5)2-3-7-6/h4,6H,2-3H2,1H3. The van der Waals surface area contributed by atoms with Crippen molar-refractivity contribution in [3.05, 3.63) is 0 Å². The molecule has 0 saturated carbocycles. The van der Waals surface area contributed by atoms with Crippen LogP contribution in [0.4, 0.5) is 0 Å². The van der Waals surface area contributed by atoms with Crippen LogP contribution in [-0.4, -0.2) is 10.5 Å². The van der Waals surface area contributed by atoms with Crippen molar-refractivity contribution in [2.45, 2.75) is 17.3 Å². The minimum atomic E-state index is 0.659. The average molecular weight is 212 g/mol. The van der Waals surface area contributed by atoms with Crippen LogP contribution in [0.3, 0.4) is 0 Å². The molecule has 0 aliphatic carbocycles. The summed E-state index contributed by atoms with van der Waals surface area (Å²) in [6.07, 6.45) is 1.03. The number of nitrogens with zero attached hydrogens (tertiary/aromatic N) is 1. The van der Waals surface area contributed by atoms with Gasteiger partial charge in [-0.1, -0.05) is 29.5 Å². The van der Waals surface area contributed by atoms with Gasteiger partial charge in [-0.3, -0.25) is 0 Å². The van der Waals surface area contributed by atoms with Gasteiger partial charge in [0.05, 0.1) is 6.54 Å². The first-order valence-electron chi connectivity index (χ1n) is 2.24. The number of hydrogen-bond acceptors (Lipinski definition) is 2. The maximum atomic E-state index is 6.42. The lowest BCUT2D eigenvalue weighted by Gasteiger charge is -1.93. The van der Waals surface area contributed by atoms with Crippen molar-refractivity contribution in [1.29, 1.82) is 5.53 Å². The Morgan fingerprint density at radius 1 is 1.86 bits per heavy atom. The molecule has 0 heterocycles. The molecule has 7 heavy (non-hydrogen) atoms. The fraction of sp³-hybridized carbons (Fsp3) is 1.00. The van der Waals surface area contributed by atoms with E-state index < -0.39 is 0 Å². The minimum Gasteiger partial charge on any atom is -0.210 e. The van der Waals surface area contributed by atoms with Gasteiger partial charge >= 0.3 is 0 Å². The summed E-state index contributed by atoms with van der Waals surface area (Å²) in [6.45, 7) is 2.80. The molecule has 3 heteroatoms. The van der Waals surface area contributed by atoms with Gasteiger partial charge in [-0.25, -0.2) is 5.53 Å². The zero-order valence-electron chi connectivity index (χ0n) is 4.32. The fourth-order valence-electron chi connectivity index (χ4n) is 0.242. The van der Waals surface area contributed by atoms with Crippen LogP contribution in [-0.2, 0) is 0 Å². The van der Waals surface area contributed by atoms with Gasteiger partial charge in [-0.05, 0) is 6.42 Å². The Labute approximate surface area is 57.3 Å². The van der Waals surface area contributed by atoms with Gasteiger partial charge in [0, 0.05) is 3.92 Å². The van der Waals surface area contributed by atoms with Crippen LogP contribution in [0.15, 0.2) is 5.11 Å². The van der Waals surface area contributed by atoms with Crippen molar-refractivity contribution in [3.63, 3.8) is 0 Å². The maximum Gasteiger partial charge on any atom is 0.0606 e. The lowest BCUT2D eigenvalue weighted by molar-refractivity contribution is 0.791. The third-order valence-corrected chi connectivity index (χ3v) is 1.26. The largest absolute Gasteiger partial charge is 0.210 e. The van der Waals surface area contributed by atoms with E-state index >= 15 is 0 Å². The number of rotatable bonds is 3. The first-order valence-corrected chi connectivity index (χ1v) is 3.49. The summed E-state index contributed by atoms with van der Waals surface area (Å²) in [5.74, 6) is 0. The van der Waals surface area contributed by atoms with Crippen LogP contribution in [0.25, 0.3) is 0 Å². The summed E-state index contributed by atoms with van der Waals surface area (Å²) in [5, 5.41) is 3.22. The Hall–Kier alpha value is 0.330. The van der Waals surface area contributed by atoms with Crippen LogP contribution in [0, 0.1) is 5.53 Å². The Balaban J connectivity index is 2.81. The summed E-state index contributed by atoms with van der Waals surface area (Å²) in [7, 11) is 0. The third kappa shape index (κ3) is 6.33. The van der Waals surface area contributed by atoms with E-state index in [0.29, 0.717) is 10.5 Å². The van der Waals surface area contributed by atoms with Gasteiger partial charge in [0.2, 0.25) is 0 Å². The molecule has 0 rings (SSSR count). The normalized spacial score (nSPS) is 13.4. The molecule has 0 spiro atoms. The van der Waals surface area contributed by atoms with E-state index in [1.54, 1.807) is 0 Å². The molecule has 0 fully saturated rings. The van der Waals surface area contributed by atoms with E-state index in [9.17, 15) is 0 Å². The summed E-state index contributed by atoms with van der Waals surface area (Å²) < 4.78 is 0.659. The summed E-state index contributed by atoms with van der Waals surface area (Å²) >= 11 is 2.32. The Morgan fingerprint density at radius 2 is 2.43 bits per heavy atom. The highest BCUT2D eigenvalue weighted by Gasteiger charge is 1.90. The van der Waals surface area contributed by atoms with Crippen molar-refractivity contribution in [2.24, 2.45) is 5.11 Å². The highest BCUT2D eigenvalue weighted by Crippen LogP contribution is 2.02. The SMILES string of the molecule is CC(I)CCN=N. The fourth-order valence-corrected chi connectivity index (χ4v) is 0.521. The Morgan fingerprint density at radius 3 is 2.57 bits per heavy atom. The molecule has 1 atom stereocenters. The van der Waals surface area contributed by atoms with Crippen LogP contribution >= 0.6 is 22.6 Å². The average Bonchev–Trinajstić information content (AvgIpc) is 1.61. The summed E-state index contributed by atoms with van der Waals surface area (Å²) in [5.41, 5.74) is 6.42. The van der Waals surface area contributed by atoms with Gasteiger partial charge < -0.3 is 0 Å². The van der Waals surface area contributed by atoms with Gasteiger partial charge in [-0.15, -0.1) is 0 Å². The van der Waals surface area contributed by atoms with Crippen LogP contribution in [0.1, 0.15) is 13.3 Å². The van der Waals surface area contributed by atoms with Crippen molar-refractivity contribution >= 4 is 22.6 Å². The van der Waals surface area contributed by atoms with Gasteiger partial charge in [0.15, 0.2) is 0 Å². The second-order valence-corrected chi connectivity index (χ2v) is 3.58. The summed E-state index contributed by atoms with van der Waals surface area (Å²) in [6, 6.07) is 0. The van der Waals surface area contributed by atoms with Gasteiger partial charge in [0.1, 0.15) is 0 Å². The Kier molecular flexibility index (Phi) is 4.70. The van der Waals surface area contributed by atoms with Gasteiger partial charge in [-0.2, -0.15) is 5.11 Å². The van der Waals surface area contributed by atoms with Crippen molar-refractivity contribution in [1.82, 2.24) is 0 Å². The highest BCUT2D eigenvalue weighted by molar-refractivity contribution is 14.1. The van der Waals surface area contributed by atoms with E-state index in [-0.39, 0.29) is 0 Å². The molecule has 0 aliphatic heterocycles. The molecule has 0 radical (unpaired) electrons. The monoisotopic (exact) mass is 212 g/mol. The first-order chi connectivity index (χ1) is 3.27. The predicted molar refractivity (Wildman–Crippen MR) is 38.1 cm³/mol. The second-order valence-electron chi connectivity index (χ2n) is 1.45. The molecule has 42 valence electrons. The molecule has 0 aromatic carbocycles. The van der Waals surface area contributed by atoms with E-state index in [1.807, 2.05) is 0 Å². The summed E-state index contributed by atoms with van der Waals surface area (Å²) in [4.78, 5) is 0.